The molecular weight excluding hydrogens is 236 g/mol. The molecule has 0 amide bonds. The summed E-state index contributed by atoms with van der Waals surface area (Å²) in [6, 6.07) is 2.17. The monoisotopic (exact) mass is 244 g/mol. The van der Waals surface area contributed by atoms with Gasteiger partial charge < -0.3 is 10.5 Å². The zero-order chi connectivity index (χ0) is 12.3. The Morgan fingerprint density at radius 1 is 1.62 bits per heavy atom. The first kappa shape index (κ1) is 12.3. The summed E-state index contributed by atoms with van der Waals surface area (Å²) >= 11 is 5.72. The lowest BCUT2D eigenvalue weighted by Gasteiger charge is -2.05. The van der Waals surface area contributed by atoms with Gasteiger partial charge in [0.1, 0.15) is 5.69 Å². The zero-order valence-corrected chi connectivity index (χ0v) is 9.15. The number of nitro groups is 1. The van der Waals surface area contributed by atoms with Crippen LogP contribution in [0.25, 0.3) is 0 Å². The average Bonchev–Trinajstić information content (AvgIpc) is 2.20. The molecule has 6 nitrogen and oxygen atoms in total. The fourth-order valence-corrected chi connectivity index (χ4v) is 1.34. The molecule has 0 unspecified atom stereocenters. The van der Waals surface area contributed by atoms with Crippen LogP contribution in [0.5, 0.6) is 0 Å². The van der Waals surface area contributed by atoms with Crippen LogP contribution in [0, 0.1) is 10.1 Å². The number of nitrogens with two attached hydrogens (primary N) is 1. The molecule has 0 fully saturated rings. The van der Waals surface area contributed by atoms with Crippen molar-refractivity contribution in [3.05, 3.63) is 32.8 Å². The molecule has 0 heterocycles. The summed E-state index contributed by atoms with van der Waals surface area (Å²) in [6.07, 6.45) is 0. The third-order valence-electron chi connectivity index (χ3n) is 1.81. The summed E-state index contributed by atoms with van der Waals surface area (Å²) in [5.74, 6) is -0.658. The highest BCUT2D eigenvalue weighted by atomic mass is 35.5. The minimum Gasteiger partial charge on any atom is -0.462 e. The van der Waals surface area contributed by atoms with Gasteiger partial charge in [-0.05, 0) is 13.0 Å². The van der Waals surface area contributed by atoms with E-state index < -0.39 is 10.9 Å². The van der Waals surface area contributed by atoms with Crippen molar-refractivity contribution < 1.29 is 14.5 Å². The third-order valence-corrected chi connectivity index (χ3v) is 2.12. The Labute approximate surface area is 96.1 Å². The summed E-state index contributed by atoms with van der Waals surface area (Å²) in [4.78, 5) is 21.2. The number of nitro benzene ring substituents is 1. The summed E-state index contributed by atoms with van der Waals surface area (Å²) in [7, 11) is 0. The van der Waals surface area contributed by atoms with E-state index in [1.807, 2.05) is 0 Å². The van der Waals surface area contributed by atoms with Gasteiger partial charge in [-0.25, -0.2) is 4.79 Å². The molecule has 0 aliphatic heterocycles. The number of esters is 1. The molecular formula is C9H9ClN2O4. The number of hydrogen-bond acceptors (Lipinski definition) is 5. The van der Waals surface area contributed by atoms with Crippen molar-refractivity contribution in [3.63, 3.8) is 0 Å². The van der Waals surface area contributed by atoms with Crippen LogP contribution in [0.1, 0.15) is 17.3 Å². The molecule has 0 saturated heterocycles. The van der Waals surface area contributed by atoms with Crippen LogP contribution < -0.4 is 5.73 Å². The minimum atomic E-state index is -0.670. The first-order valence-electron chi connectivity index (χ1n) is 4.38. The molecule has 2 N–H and O–H groups in total. The second-order valence-electron chi connectivity index (χ2n) is 2.87. The van der Waals surface area contributed by atoms with Gasteiger partial charge in [-0.2, -0.15) is 0 Å². The lowest BCUT2D eigenvalue weighted by Crippen LogP contribution is -2.07. The van der Waals surface area contributed by atoms with Gasteiger partial charge in [0.05, 0.1) is 22.1 Å². The van der Waals surface area contributed by atoms with Gasteiger partial charge in [0.2, 0.25) is 0 Å². The summed E-state index contributed by atoms with van der Waals surface area (Å²) in [5, 5.41) is 10.5. The highest BCUT2D eigenvalue weighted by Gasteiger charge is 2.19. The van der Waals surface area contributed by atoms with Crippen molar-refractivity contribution in [3.8, 4) is 0 Å². The Morgan fingerprint density at radius 2 is 2.25 bits per heavy atom. The Hall–Kier alpha value is -1.82. The lowest BCUT2D eigenvalue weighted by molar-refractivity contribution is -0.383. The van der Waals surface area contributed by atoms with Crippen LogP contribution in [0.4, 0.5) is 11.4 Å². The van der Waals surface area contributed by atoms with Gasteiger partial charge in [-0.1, -0.05) is 11.6 Å². The van der Waals surface area contributed by atoms with Gasteiger partial charge in [-0.15, -0.1) is 0 Å². The normalized spacial score (nSPS) is 9.88. The smallest absolute Gasteiger partial charge is 0.339 e. The molecule has 0 radical (unpaired) electrons. The van der Waals surface area contributed by atoms with Gasteiger partial charge in [0.25, 0.3) is 5.69 Å². The molecule has 1 rings (SSSR count). The van der Waals surface area contributed by atoms with Crippen molar-refractivity contribution in [2.24, 2.45) is 0 Å². The largest absolute Gasteiger partial charge is 0.462 e. The third kappa shape index (κ3) is 2.40. The topological polar surface area (TPSA) is 95.5 Å². The van der Waals surface area contributed by atoms with Gasteiger partial charge >= 0.3 is 5.97 Å². The van der Waals surface area contributed by atoms with Crippen LogP contribution >= 0.6 is 11.6 Å². The fraction of sp³-hybridized carbons (Fsp3) is 0.222. The number of nitrogen functional groups attached to an aromatic ring is 1. The molecule has 0 atom stereocenters. The first-order valence-corrected chi connectivity index (χ1v) is 4.75. The van der Waals surface area contributed by atoms with E-state index in [1.165, 1.54) is 0 Å². The summed E-state index contributed by atoms with van der Waals surface area (Å²) < 4.78 is 4.72. The van der Waals surface area contributed by atoms with E-state index in [9.17, 15) is 14.9 Å². The quantitative estimate of drug-likeness (QED) is 0.380. The predicted octanol–water partition coefficient (Wildman–Crippen LogP) is 2.01. The van der Waals surface area contributed by atoms with Gasteiger partial charge in [-0.3, -0.25) is 10.1 Å². The maximum absolute atomic E-state index is 11.4. The molecule has 0 spiro atoms. The van der Waals surface area contributed by atoms with Crippen molar-refractivity contribution in [1.29, 1.82) is 0 Å². The standard InChI is InChI=1S/C9H9ClN2O4/c1-2-16-9(13)5-3-7(11)8(12(14)15)4-6(5)10/h3-4H,2,11H2,1H3. The van der Waals surface area contributed by atoms with Crippen LogP contribution in [0.15, 0.2) is 12.1 Å². The van der Waals surface area contributed by atoms with E-state index in [2.05, 4.69) is 0 Å². The van der Waals surface area contributed by atoms with E-state index in [1.54, 1.807) is 6.92 Å². The molecule has 0 bridgehead atoms. The Bertz CT molecular complexity index is 447. The number of carbonyl (C=O) groups excluding carboxylic acids is 1. The van der Waals surface area contributed by atoms with Gasteiger partial charge in [0.15, 0.2) is 0 Å². The SMILES string of the molecule is CCOC(=O)c1cc(N)c([N+](=O)[O-])cc1Cl. The molecule has 0 aliphatic rings. The maximum Gasteiger partial charge on any atom is 0.339 e. The highest BCUT2D eigenvalue weighted by Crippen LogP contribution is 2.29. The van der Waals surface area contributed by atoms with Crippen LogP contribution in [0.2, 0.25) is 5.02 Å². The number of anilines is 1. The fourth-order valence-electron chi connectivity index (χ4n) is 1.10. The Kier molecular flexibility index (Phi) is 3.68. The Morgan fingerprint density at radius 3 is 2.75 bits per heavy atom. The number of hydrogen-bond donors (Lipinski definition) is 1. The number of nitrogens with zero attached hydrogens (tertiary/aromatic N) is 1. The van der Waals surface area contributed by atoms with Crippen LogP contribution in [-0.2, 0) is 4.74 Å². The first-order chi connectivity index (χ1) is 7.47. The summed E-state index contributed by atoms with van der Waals surface area (Å²) in [6.45, 7) is 1.83. The van der Waals surface area contributed by atoms with E-state index in [0.717, 1.165) is 12.1 Å². The minimum absolute atomic E-state index is 0.0200. The molecule has 0 aromatic heterocycles. The molecule has 7 heteroatoms. The summed E-state index contributed by atoms with van der Waals surface area (Å²) in [5.41, 5.74) is 4.97. The van der Waals surface area contributed by atoms with Crippen LogP contribution in [-0.4, -0.2) is 17.5 Å². The van der Waals surface area contributed by atoms with E-state index in [-0.39, 0.29) is 28.6 Å². The van der Waals surface area contributed by atoms with Crippen LogP contribution in [0.3, 0.4) is 0 Å². The van der Waals surface area contributed by atoms with Crippen molar-refractivity contribution >= 4 is 28.9 Å². The molecule has 1 aromatic carbocycles. The molecule has 86 valence electrons. The van der Waals surface area contributed by atoms with Crippen molar-refractivity contribution in [2.45, 2.75) is 6.92 Å². The van der Waals surface area contributed by atoms with E-state index in [4.69, 9.17) is 22.1 Å². The van der Waals surface area contributed by atoms with E-state index in [0.29, 0.717) is 0 Å². The predicted molar refractivity (Wildman–Crippen MR) is 58.5 cm³/mol. The van der Waals surface area contributed by atoms with E-state index >= 15 is 0 Å². The maximum atomic E-state index is 11.4. The second kappa shape index (κ2) is 4.80. The van der Waals surface area contributed by atoms with Crippen molar-refractivity contribution in [1.82, 2.24) is 0 Å². The zero-order valence-electron chi connectivity index (χ0n) is 8.40. The molecule has 1 aromatic rings. The molecule has 16 heavy (non-hydrogen) atoms. The number of rotatable bonds is 3. The van der Waals surface area contributed by atoms with Crippen molar-refractivity contribution in [2.75, 3.05) is 12.3 Å². The lowest BCUT2D eigenvalue weighted by atomic mass is 10.2. The highest BCUT2D eigenvalue weighted by molar-refractivity contribution is 6.34. The Balaban J connectivity index is 3.20. The molecule has 0 saturated carbocycles. The number of benzene rings is 1. The average molecular weight is 245 g/mol. The number of carbonyl (C=O) groups is 1. The van der Waals surface area contributed by atoms with Gasteiger partial charge in [0, 0.05) is 6.07 Å². The number of halogens is 1. The number of ether oxygens (including phenoxy) is 1. The second-order valence-corrected chi connectivity index (χ2v) is 3.28. The molecule has 0 aliphatic carbocycles.